The maximum atomic E-state index is 14.1. The Hall–Kier alpha value is -3.48. The summed E-state index contributed by atoms with van der Waals surface area (Å²) in [5.41, 5.74) is -0.564. The van der Waals surface area contributed by atoms with Gasteiger partial charge in [-0.3, -0.25) is 10.0 Å². The topological polar surface area (TPSA) is 105 Å². The fourth-order valence-corrected chi connectivity index (χ4v) is 4.26. The van der Waals surface area contributed by atoms with E-state index in [2.05, 4.69) is 15.1 Å². The molecule has 0 bridgehead atoms. The number of hydroxylamine groups is 2. The van der Waals surface area contributed by atoms with Crippen molar-refractivity contribution in [3.8, 4) is 0 Å². The van der Waals surface area contributed by atoms with E-state index in [9.17, 15) is 28.0 Å². The summed E-state index contributed by atoms with van der Waals surface area (Å²) in [6, 6.07) is -0.887. The molecule has 3 atom stereocenters. The molecule has 1 fully saturated rings. The van der Waals surface area contributed by atoms with Crippen LogP contribution in [0.5, 0.6) is 0 Å². The van der Waals surface area contributed by atoms with Gasteiger partial charge in [0.05, 0.1) is 12.2 Å². The third kappa shape index (κ3) is 4.47. The van der Waals surface area contributed by atoms with Gasteiger partial charge in [0, 0.05) is 63.8 Å². The smallest absolute Gasteiger partial charge is 0.337 e. The van der Waals surface area contributed by atoms with E-state index in [4.69, 9.17) is 0 Å². The number of allylic oxidation sites excluding steroid dienone is 3. The van der Waals surface area contributed by atoms with E-state index in [1.165, 1.54) is 11.1 Å². The second-order valence-corrected chi connectivity index (χ2v) is 8.34. The van der Waals surface area contributed by atoms with Crippen LogP contribution < -0.4 is 4.90 Å². The molecular weight excluding hydrogens is 455 g/mol. The third-order valence-electron chi connectivity index (χ3n) is 6.21. The molecule has 34 heavy (non-hydrogen) atoms. The zero-order valence-electron chi connectivity index (χ0n) is 18.6. The molecular formula is C21H24F3N7O3. The molecule has 10 nitrogen and oxygen atoms in total. The lowest BCUT2D eigenvalue weighted by atomic mass is 9.82. The van der Waals surface area contributed by atoms with Gasteiger partial charge in [-0.2, -0.15) is 5.10 Å². The summed E-state index contributed by atoms with van der Waals surface area (Å²) in [7, 11) is 1.06. The minimum Gasteiger partial charge on any atom is -0.337 e. The number of carbonyl (C=O) groups excluding carboxylic acids is 2. The first-order valence-electron chi connectivity index (χ1n) is 10.8. The molecule has 13 heteroatoms. The molecule has 2 unspecified atom stereocenters. The third-order valence-corrected chi connectivity index (χ3v) is 6.21. The molecule has 0 aromatic carbocycles. The molecule has 0 radical (unpaired) electrons. The molecule has 3 heterocycles. The van der Waals surface area contributed by atoms with Gasteiger partial charge in [0.1, 0.15) is 11.7 Å². The largest absolute Gasteiger partial charge is 0.340 e. The van der Waals surface area contributed by atoms with Crippen LogP contribution in [-0.2, 0) is 0 Å². The van der Waals surface area contributed by atoms with E-state index in [1.807, 2.05) is 0 Å². The number of hydrazone groups is 1. The molecule has 1 saturated heterocycles. The first-order chi connectivity index (χ1) is 16.2. The second kappa shape index (κ2) is 9.41. The fourth-order valence-electron chi connectivity index (χ4n) is 4.26. The van der Waals surface area contributed by atoms with Crippen LogP contribution in [0.2, 0.25) is 0 Å². The number of halogens is 3. The second-order valence-electron chi connectivity index (χ2n) is 8.34. The van der Waals surface area contributed by atoms with E-state index in [0.29, 0.717) is 19.5 Å². The molecule has 3 aliphatic rings. The van der Waals surface area contributed by atoms with E-state index in [0.717, 1.165) is 19.3 Å². The molecule has 2 aliphatic heterocycles. The van der Waals surface area contributed by atoms with Crippen molar-refractivity contribution in [3.63, 3.8) is 0 Å². The van der Waals surface area contributed by atoms with Crippen LogP contribution in [0.3, 0.4) is 0 Å². The summed E-state index contributed by atoms with van der Waals surface area (Å²) in [4.78, 5) is 36.2. The van der Waals surface area contributed by atoms with Crippen molar-refractivity contribution in [2.45, 2.75) is 19.4 Å². The SMILES string of the molecule is CC1C(F)=CC(F)=CC1[C@@H]1CC=NN1C(=O)N1CCN(c2ncc(F)c(C(=O)N(C)O)n2)CC1. The zero-order chi connectivity index (χ0) is 24.6. The maximum Gasteiger partial charge on any atom is 0.340 e. The Morgan fingerprint density at radius 1 is 1.18 bits per heavy atom. The Labute approximate surface area is 193 Å². The summed E-state index contributed by atoms with van der Waals surface area (Å²) in [5.74, 6) is -4.25. The van der Waals surface area contributed by atoms with Crippen molar-refractivity contribution in [1.82, 2.24) is 24.9 Å². The van der Waals surface area contributed by atoms with Crippen LogP contribution in [0, 0.1) is 17.7 Å². The van der Waals surface area contributed by atoms with Gasteiger partial charge < -0.3 is 9.80 Å². The molecule has 1 aromatic rings. The number of nitrogens with zero attached hydrogens (tertiary/aromatic N) is 7. The predicted octanol–water partition coefficient (Wildman–Crippen LogP) is 2.35. The van der Waals surface area contributed by atoms with Crippen molar-refractivity contribution >= 4 is 24.1 Å². The van der Waals surface area contributed by atoms with Crippen LogP contribution in [0.4, 0.5) is 23.9 Å². The van der Waals surface area contributed by atoms with Crippen molar-refractivity contribution in [3.05, 3.63) is 41.5 Å². The first-order valence-corrected chi connectivity index (χ1v) is 10.8. The quantitative estimate of drug-likeness (QED) is 0.527. The van der Waals surface area contributed by atoms with Crippen LogP contribution in [0.25, 0.3) is 0 Å². The van der Waals surface area contributed by atoms with Crippen LogP contribution >= 0.6 is 0 Å². The molecule has 1 aliphatic carbocycles. The average Bonchev–Trinajstić information content (AvgIpc) is 3.30. The predicted molar refractivity (Wildman–Crippen MR) is 115 cm³/mol. The van der Waals surface area contributed by atoms with Gasteiger partial charge in [-0.15, -0.1) is 0 Å². The highest BCUT2D eigenvalue weighted by Gasteiger charge is 2.40. The summed E-state index contributed by atoms with van der Waals surface area (Å²) in [6.07, 6.45) is 5.00. The highest BCUT2D eigenvalue weighted by atomic mass is 19.1. The van der Waals surface area contributed by atoms with Crippen molar-refractivity contribution in [2.24, 2.45) is 16.9 Å². The summed E-state index contributed by atoms with van der Waals surface area (Å²) < 4.78 is 41.9. The maximum absolute atomic E-state index is 14.1. The normalized spacial score (nSPS) is 24.8. The van der Waals surface area contributed by atoms with Gasteiger partial charge in [0.2, 0.25) is 5.95 Å². The van der Waals surface area contributed by atoms with Gasteiger partial charge in [-0.05, 0) is 6.08 Å². The molecule has 182 valence electrons. The number of aromatic nitrogens is 2. The Kier molecular flexibility index (Phi) is 6.55. The van der Waals surface area contributed by atoms with E-state index in [1.54, 1.807) is 22.9 Å². The van der Waals surface area contributed by atoms with Crippen molar-refractivity contribution < 1.29 is 28.0 Å². The number of hydrogen-bond acceptors (Lipinski definition) is 7. The lowest BCUT2D eigenvalue weighted by Gasteiger charge is -2.39. The number of piperazine rings is 1. The molecule has 0 saturated carbocycles. The average molecular weight is 479 g/mol. The van der Waals surface area contributed by atoms with E-state index < -0.39 is 46.9 Å². The Bertz CT molecular complexity index is 1070. The van der Waals surface area contributed by atoms with Gasteiger partial charge in [-0.1, -0.05) is 6.92 Å². The van der Waals surface area contributed by atoms with Crippen molar-refractivity contribution in [1.29, 1.82) is 0 Å². The Balaban J connectivity index is 1.42. The lowest BCUT2D eigenvalue weighted by Crippen LogP contribution is -2.54. The zero-order valence-corrected chi connectivity index (χ0v) is 18.6. The number of hydrogen-bond donors (Lipinski definition) is 1. The lowest BCUT2D eigenvalue weighted by molar-refractivity contribution is -0.0383. The number of anilines is 1. The standard InChI is InChI=1S/C21H24F3N7O3/c1-12-14(9-13(22)10-15(12)23)17-3-4-26-31(17)21(33)30-7-5-29(6-8-30)20-25-11-16(24)18(27-20)19(32)28(2)34/h4,9-12,14,17,34H,3,5-8H2,1-2H3/t12?,14?,17-/m0/s1. The van der Waals surface area contributed by atoms with Crippen LogP contribution in [0.1, 0.15) is 23.8 Å². The van der Waals surface area contributed by atoms with Gasteiger partial charge in [0.15, 0.2) is 11.5 Å². The van der Waals surface area contributed by atoms with Gasteiger partial charge in [-0.25, -0.2) is 38.0 Å². The van der Waals surface area contributed by atoms with Crippen LogP contribution in [0.15, 0.2) is 35.1 Å². The number of urea groups is 1. The molecule has 1 aromatic heterocycles. The Morgan fingerprint density at radius 3 is 2.56 bits per heavy atom. The highest BCUT2D eigenvalue weighted by Crippen LogP contribution is 2.37. The minimum atomic E-state index is -1.01. The van der Waals surface area contributed by atoms with Gasteiger partial charge in [0.25, 0.3) is 5.91 Å². The highest BCUT2D eigenvalue weighted by molar-refractivity contribution is 5.91. The molecule has 1 N–H and O–H groups in total. The number of rotatable bonds is 3. The minimum absolute atomic E-state index is 0.0923. The summed E-state index contributed by atoms with van der Waals surface area (Å²) >= 11 is 0. The van der Waals surface area contributed by atoms with Crippen LogP contribution in [-0.4, -0.2) is 87.6 Å². The molecule has 3 amide bonds. The first kappa shape index (κ1) is 23.7. The summed E-state index contributed by atoms with van der Waals surface area (Å²) in [6.45, 7) is 2.78. The van der Waals surface area contributed by atoms with Crippen molar-refractivity contribution in [2.75, 3.05) is 38.1 Å². The van der Waals surface area contributed by atoms with Gasteiger partial charge >= 0.3 is 6.03 Å². The number of amides is 3. The molecule has 4 rings (SSSR count). The Morgan fingerprint density at radius 2 is 1.88 bits per heavy atom. The number of carbonyl (C=O) groups is 2. The molecule has 0 spiro atoms. The fraction of sp³-hybridized carbons (Fsp3) is 0.476. The summed E-state index contributed by atoms with van der Waals surface area (Å²) in [5, 5.41) is 15.0. The monoisotopic (exact) mass is 479 g/mol. The van der Waals surface area contributed by atoms with E-state index >= 15 is 0 Å². The van der Waals surface area contributed by atoms with E-state index in [-0.39, 0.29) is 30.1 Å².